The van der Waals surface area contributed by atoms with Crippen molar-refractivity contribution in [2.24, 2.45) is 23.2 Å². The molecule has 0 spiro atoms. The number of hydrogen-bond acceptors (Lipinski definition) is 6. The Morgan fingerprint density at radius 3 is 2.35 bits per heavy atom. The van der Waals surface area contributed by atoms with Crippen LogP contribution in [0.15, 0.2) is 37.0 Å². The largest absolute Gasteiger partial charge is 0.478 e. The first kappa shape index (κ1) is 22.1. The van der Waals surface area contributed by atoms with E-state index in [2.05, 4.69) is 19.7 Å². The molecule has 7 heteroatoms. The molecule has 0 unspecified atom stereocenters. The molecule has 146 valence electrons. The predicted molar refractivity (Wildman–Crippen MR) is 95.0 cm³/mol. The quantitative estimate of drug-likeness (QED) is 0.285. The van der Waals surface area contributed by atoms with E-state index in [0.29, 0.717) is 5.57 Å². The lowest BCUT2D eigenvalue weighted by Crippen LogP contribution is -2.54. The number of allylic oxidation sites excluding steroid dienone is 1. The van der Waals surface area contributed by atoms with Crippen molar-refractivity contribution in [1.29, 1.82) is 0 Å². The minimum absolute atomic E-state index is 0.165. The average molecular weight is 368 g/mol. The second kappa shape index (κ2) is 8.62. The molecule has 1 fully saturated rings. The second-order valence-corrected chi connectivity index (χ2v) is 7.11. The van der Waals surface area contributed by atoms with E-state index in [4.69, 9.17) is 9.84 Å². The van der Waals surface area contributed by atoms with E-state index in [1.165, 1.54) is 6.92 Å². The van der Waals surface area contributed by atoms with Gasteiger partial charge in [0.05, 0.1) is 31.2 Å². The minimum atomic E-state index is -1.32. The van der Waals surface area contributed by atoms with Crippen LogP contribution in [0, 0.1) is 23.2 Å². The molecule has 4 N–H and O–H groups in total. The molecule has 0 heterocycles. The van der Waals surface area contributed by atoms with Crippen molar-refractivity contribution in [3.63, 3.8) is 0 Å². The van der Waals surface area contributed by atoms with Gasteiger partial charge in [0.2, 0.25) is 0 Å². The highest BCUT2D eigenvalue weighted by Gasteiger charge is 2.53. The number of carboxylic acids is 1. The number of rotatable bonds is 8. The Kier molecular flexibility index (Phi) is 7.32. The van der Waals surface area contributed by atoms with Gasteiger partial charge in [-0.05, 0) is 24.3 Å². The molecule has 26 heavy (non-hydrogen) atoms. The smallest absolute Gasteiger partial charge is 0.331 e. The van der Waals surface area contributed by atoms with Crippen LogP contribution in [0.25, 0.3) is 0 Å². The van der Waals surface area contributed by atoms with Gasteiger partial charge in [0.15, 0.2) is 0 Å². The molecule has 0 aromatic carbocycles. The lowest BCUT2D eigenvalue weighted by atomic mass is 9.58. The second-order valence-electron chi connectivity index (χ2n) is 7.11. The van der Waals surface area contributed by atoms with Crippen molar-refractivity contribution in [1.82, 2.24) is 0 Å². The van der Waals surface area contributed by atoms with Crippen LogP contribution >= 0.6 is 0 Å². The van der Waals surface area contributed by atoms with E-state index in [9.17, 15) is 24.9 Å². The normalized spacial score (nSPS) is 32.3. The average Bonchev–Trinajstić information content (AvgIpc) is 2.59. The molecule has 1 rings (SSSR count). The lowest BCUT2D eigenvalue weighted by Gasteiger charge is -2.50. The fourth-order valence-corrected chi connectivity index (χ4v) is 3.55. The zero-order valence-corrected chi connectivity index (χ0v) is 15.2. The third-order valence-corrected chi connectivity index (χ3v) is 5.19. The Morgan fingerprint density at radius 2 is 1.92 bits per heavy atom. The van der Waals surface area contributed by atoms with Crippen molar-refractivity contribution >= 4 is 11.9 Å². The van der Waals surface area contributed by atoms with E-state index < -0.39 is 53.9 Å². The SMILES string of the molecule is C=C[C@]1(C)C[C@@H](OC(=O)[C@H](C)CO)[C@@H](C(=C)C(=O)O)[C@@H](O)[C@H]1C(=C)CO. The Labute approximate surface area is 153 Å². The highest BCUT2D eigenvalue weighted by Crippen LogP contribution is 2.50. The number of aliphatic hydroxyl groups excluding tert-OH is 3. The fraction of sp³-hybridized carbons (Fsp3) is 0.579. The van der Waals surface area contributed by atoms with Crippen LogP contribution in [0.4, 0.5) is 0 Å². The van der Waals surface area contributed by atoms with E-state index >= 15 is 0 Å². The molecule has 0 saturated heterocycles. The predicted octanol–water partition coefficient (Wildman–Crippen LogP) is 0.905. The zero-order chi connectivity index (χ0) is 20.2. The Hall–Kier alpha value is -1.96. The standard InChI is InChI=1S/C19H28O7/c1-6-19(5)7-13(26-18(25)11(3)9-21)14(12(4)17(23)24)16(22)15(19)10(2)8-20/h6,11,13-16,20-22H,1-2,4,7-9H2,3,5H3,(H,23,24)/t11-,13-,14-,15-,16-,19-/m1/s1. The van der Waals surface area contributed by atoms with Crippen LogP contribution in [0.3, 0.4) is 0 Å². The Morgan fingerprint density at radius 1 is 1.35 bits per heavy atom. The summed E-state index contributed by atoms with van der Waals surface area (Å²) in [6.07, 6.45) is -0.520. The van der Waals surface area contributed by atoms with Crippen molar-refractivity contribution < 1.29 is 34.8 Å². The van der Waals surface area contributed by atoms with E-state index in [1.807, 2.05) is 0 Å². The van der Waals surface area contributed by atoms with Crippen LogP contribution < -0.4 is 0 Å². The third-order valence-electron chi connectivity index (χ3n) is 5.19. The molecular formula is C19H28O7. The molecule has 0 amide bonds. The van der Waals surface area contributed by atoms with Crippen molar-refractivity contribution in [2.45, 2.75) is 32.5 Å². The number of aliphatic carboxylic acids is 1. The number of hydrogen-bond donors (Lipinski definition) is 4. The summed E-state index contributed by atoms with van der Waals surface area (Å²) in [6.45, 7) is 13.5. The third kappa shape index (κ3) is 4.23. The molecule has 0 bridgehead atoms. The maximum atomic E-state index is 12.1. The molecule has 0 aliphatic heterocycles. The Bertz CT molecular complexity index is 597. The van der Waals surface area contributed by atoms with Gasteiger partial charge < -0.3 is 25.2 Å². The maximum Gasteiger partial charge on any atom is 0.331 e. The number of carbonyl (C=O) groups excluding carboxylic acids is 1. The van der Waals surface area contributed by atoms with Gasteiger partial charge in [-0.2, -0.15) is 0 Å². The summed E-state index contributed by atoms with van der Waals surface area (Å²) < 4.78 is 5.43. The first-order valence-electron chi connectivity index (χ1n) is 8.37. The number of aliphatic hydroxyl groups is 3. The maximum absolute atomic E-state index is 12.1. The summed E-state index contributed by atoms with van der Waals surface area (Å²) in [4.78, 5) is 23.6. The van der Waals surface area contributed by atoms with Gasteiger partial charge in [-0.25, -0.2) is 4.79 Å². The van der Waals surface area contributed by atoms with E-state index in [1.54, 1.807) is 13.0 Å². The van der Waals surface area contributed by atoms with Crippen LogP contribution in [0.1, 0.15) is 20.3 Å². The fourth-order valence-electron chi connectivity index (χ4n) is 3.55. The van der Waals surface area contributed by atoms with Crippen LogP contribution in [-0.2, 0) is 14.3 Å². The molecular weight excluding hydrogens is 340 g/mol. The molecule has 6 atom stereocenters. The highest BCUT2D eigenvalue weighted by molar-refractivity contribution is 5.87. The van der Waals surface area contributed by atoms with Gasteiger partial charge in [-0.3, -0.25) is 4.79 Å². The summed E-state index contributed by atoms with van der Waals surface area (Å²) in [7, 11) is 0. The first-order valence-corrected chi connectivity index (χ1v) is 8.37. The van der Waals surface area contributed by atoms with Gasteiger partial charge in [-0.15, -0.1) is 6.58 Å². The first-order chi connectivity index (χ1) is 12.0. The van der Waals surface area contributed by atoms with Crippen LogP contribution in [-0.4, -0.2) is 57.8 Å². The van der Waals surface area contributed by atoms with Crippen LogP contribution in [0.5, 0.6) is 0 Å². The van der Waals surface area contributed by atoms with Crippen molar-refractivity contribution in [3.05, 3.63) is 37.0 Å². The van der Waals surface area contributed by atoms with Crippen molar-refractivity contribution in [2.75, 3.05) is 13.2 Å². The Balaban J connectivity index is 3.35. The van der Waals surface area contributed by atoms with Gasteiger partial charge in [0, 0.05) is 11.5 Å². The lowest BCUT2D eigenvalue weighted by molar-refractivity contribution is -0.169. The van der Waals surface area contributed by atoms with Crippen LogP contribution in [0.2, 0.25) is 0 Å². The monoisotopic (exact) mass is 368 g/mol. The van der Waals surface area contributed by atoms with Crippen molar-refractivity contribution in [3.8, 4) is 0 Å². The zero-order valence-electron chi connectivity index (χ0n) is 15.2. The summed E-state index contributed by atoms with van der Waals surface area (Å²) in [6, 6.07) is 0. The van der Waals surface area contributed by atoms with E-state index in [-0.39, 0.29) is 18.6 Å². The number of carboxylic acid groups (broad SMARTS) is 1. The molecule has 7 nitrogen and oxygen atoms in total. The minimum Gasteiger partial charge on any atom is -0.478 e. The summed E-state index contributed by atoms with van der Waals surface area (Å²) in [5, 5.41) is 38.9. The molecule has 1 aliphatic carbocycles. The van der Waals surface area contributed by atoms with Gasteiger partial charge in [0.1, 0.15) is 6.10 Å². The summed E-state index contributed by atoms with van der Waals surface area (Å²) >= 11 is 0. The number of carbonyl (C=O) groups is 2. The molecule has 0 aromatic rings. The van der Waals surface area contributed by atoms with Gasteiger partial charge in [-0.1, -0.05) is 26.2 Å². The molecule has 1 aliphatic rings. The number of ether oxygens (including phenoxy) is 1. The van der Waals surface area contributed by atoms with E-state index in [0.717, 1.165) is 0 Å². The van der Waals surface area contributed by atoms with Gasteiger partial charge in [0.25, 0.3) is 0 Å². The molecule has 0 radical (unpaired) electrons. The summed E-state index contributed by atoms with van der Waals surface area (Å²) in [5.41, 5.74) is -0.757. The number of esters is 1. The summed E-state index contributed by atoms with van der Waals surface area (Å²) in [5.74, 6) is -4.56. The molecule has 1 saturated carbocycles. The highest BCUT2D eigenvalue weighted by atomic mass is 16.5. The molecule has 0 aromatic heterocycles. The van der Waals surface area contributed by atoms with Gasteiger partial charge >= 0.3 is 11.9 Å². The topological polar surface area (TPSA) is 124 Å².